The molecule has 1 nitrogen and oxygen atoms in total. The van der Waals surface area contributed by atoms with Crippen LogP contribution in [0.3, 0.4) is 0 Å². The Morgan fingerprint density at radius 3 is 2.83 bits per heavy atom. The molecule has 0 aliphatic carbocycles. The second kappa shape index (κ2) is 4.66. The smallest absolute Gasteiger partial charge is 0.0275 e. The van der Waals surface area contributed by atoms with Gasteiger partial charge in [-0.05, 0) is 25.3 Å². The number of likely N-dealkylation sites (tertiary alicyclic amines) is 1. The van der Waals surface area contributed by atoms with Gasteiger partial charge in [0, 0.05) is 12.6 Å². The van der Waals surface area contributed by atoms with Crippen molar-refractivity contribution in [1.29, 1.82) is 0 Å². The van der Waals surface area contributed by atoms with Crippen LogP contribution in [0.2, 0.25) is 0 Å². The molecule has 1 saturated heterocycles. The van der Waals surface area contributed by atoms with E-state index in [9.17, 15) is 0 Å². The highest BCUT2D eigenvalue weighted by Crippen LogP contribution is 2.18. The van der Waals surface area contributed by atoms with Gasteiger partial charge in [0.2, 0.25) is 0 Å². The third-order valence-corrected chi connectivity index (χ3v) is 2.54. The lowest BCUT2D eigenvalue weighted by Crippen LogP contribution is -2.40. The normalized spacial score (nSPS) is 26.1. The lowest BCUT2D eigenvalue weighted by molar-refractivity contribution is 0.161. The minimum atomic E-state index is 0.654. The summed E-state index contributed by atoms with van der Waals surface area (Å²) in [5.41, 5.74) is 0. The maximum Gasteiger partial charge on any atom is 0.0275 e. The molecule has 0 aromatic rings. The van der Waals surface area contributed by atoms with Crippen molar-refractivity contribution in [2.75, 3.05) is 13.1 Å². The Kier molecular flexibility index (Phi) is 3.80. The number of rotatable bonds is 3. The van der Waals surface area contributed by atoms with Crippen molar-refractivity contribution in [3.05, 3.63) is 12.7 Å². The molecular weight excluding hydrogens is 146 g/mol. The predicted octanol–water partition coefficient (Wildman–Crippen LogP) is 2.68. The summed E-state index contributed by atoms with van der Waals surface area (Å²) in [6.45, 7) is 11.0. The second-order valence-electron chi connectivity index (χ2n) is 4.19. The van der Waals surface area contributed by atoms with Crippen molar-refractivity contribution in [2.24, 2.45) is 5.92 Å². The molecule has 12 heavy (non-hydrogen) atoms. The largest absolute Gasteiger partial charge is 0.297 e. The number of hydrogen-bond acceptors (Lipinski definition) is 1. The monoisotopic (exact) mass is 167 g/mol. The zero-order chi connectivity index (χ0) is 8.97. The molecule has 1 heteroatoms. The van der Waals surface area contributed by atoms with Crippen LogP contribution in [0.4, 0.5) is 0 Å². The first-order valence-electron chi connectivity index (χ1n) is 5.10. The van der Waals surface area contributed by atoms with Crippen LogP contribution in [0, 0.1) is 5.92 Å². The third kappa shape index (κ3) is 2.63. The van der Waals surface area contributed by atoms with E-state index in [2.05, 4.69) is 31.4 Å². The quantitative estimate of drug-likeness (QED) is 0.584. The lowest BCUT2D eigenvalue weighted by atomic mass is 10.0. The Balaban J connectivity index is 2.41. The van der Waals surface area contributed by atoms with E-state index in [4.69, 9.17) is 0 Å². The fourth-order valence-electron chi connectivity index (χ4n) is 1.98. The Morgan fingerprint density at radius 2 is 2.25 bits per heavy atom. The van der Waals surface area contributed by atoms with E-state index in [0.717, 1.165) is 5.92 Å². The van der Waals surface area contributed by atoms with E-state index in [1.807, 2.05) is 0 Å². The molecule has 1 atom stereocenters. The fourth-order valence-corrected chi connectivity index (χ4v) is 1.98. The lowest BCUT2D eigenvalue weighted by Gasteiger charge is -2.34. The molecule has 0 bridgehead atoms. The molecule has 1 fully saturated rings. The predicted molar refractivity (Wildman–Crippen MR) is 54.2 cm³/mol. The summed E-state index contributed by atoms with van der Waals surface area (Å²) in [6, 6.07) is 0.654. The first-order valence-corrected chi connectivity index (χ1v) is 5.10. The van der Waals surface area contributed by atoms with Gasteiger partial charge in [-0.3, -0.25) is 4.90 Å². The fraction of sp³-hybridized carbons (Fsp3) is 0.818. The molecule has 1 rings (SSSR count). The highest BCUT2D eigenvalue weighted by atomic mass is 15.2. The molecule has 0 aromatic heterocycles. The first kappa shape index (κ1) is 9.79. The summed E-state index contributed by atoms with van der Waals surface area (Å²) in [5, 5.41) is 0. The molecule has 0 N–H and O–H groups in total. The molecule has 1 aliphatic heterocycles. The summed E-state index contributed by atoms with van der Waals surface area (Å²) in [6.07, 6.45) is 6.18. The van der Waals surface area contributed by atoms with Crippen LogP contribution in [0.25, 0.3) is 0 Å². The summed E-state index contributed by atoms with van der Waals surface area (Å²) in [4.78, 5) is 2.57. The van der Waals surface area contributed by atoms with E-state index in [0.29, 0.717) is 6.04 Å². The minimum absolute atomic E-state index is 0.654. The van der Waals surface area contributed by atoms with Crippen molar-refractivity contribution in [1.82, 2.24) is 4.90 Å². The van der Waals surface area contributed by atoms with Crippen LogP contribution in [0.1, 0.15) is 33.1 Å². The van der Waals surface area contributed by atoms with Crippen LogP contribution >= 0.6 is 0 Å². The van der Waals surface area contributed by atoms with Crippen molar-refractivity contribution >= 4 is 0 Å². The van der Waals surface area contributed by atoms with Crippen molar-refractivity contribution in [3.63, 3.8) is 0 Å². The van der Waals surface area contributed by atoms with Crippen LogP contribution in [0.5, 0.6) is 0 Å². The molecule has 0 amide bonds. The Labute approximate surface area is 76.5 Å². The molecule has 1 heterocycles. The highest BCUT2D eigenvalue weighted by Gasteiger charge is 2.19. The zero-order valence-corrected chi connectivity index (χ0v) is 8.42. The van der Waals surface area contributed by atoms with Crippen molar-refractivity contribution in [2.45, 2.75) is 39.2 Å². The van der Waals surface area contributed by atoms with E-state index < -0.39 is 0 Å². The van der Waals surface area contributed by atoms with Crippen LogP contribution in [-0.4, -0.2) is 24.0 Å². The van der Waals surface area contributed by atoms with Gasteiger partial charge < -0.3 is 0 Å². The average molecular weight is 167 g/mol. The van der Waals surface area contributed by atoms with Gasteiger partial charge in [0.15, 0.2) is 0 Å². The van der Waals surface area contributed by atoms with Crippen LogP contribution in [0.15, 0.2) is 12.7 Å². The molecule has 0 radical (unpaired) electrons. The van der Waals surface area contributed by atoms with Crippen molar-refractivity contribution in [3.8, 4) is 0 Å². The first-order chi connectivity index (χ1) is 5.74. The molecule has 0 spiro atoms. The van der Waals surface area contributed by atoms with Gasteiger partial charge in [-0.2, -0.15) is 0 Å². The Bertz CT molecular complexity index is 140. The summed E-state index contributed by atoms with van der Waals surface area (Å²) >= 11 is 0. The Morgan fingerprint density at radius 1 is 1.50 bits per heavy atom. The number of hydrogen-bond donors (Lipinski definition) is 0. The third-order valence-electron chi connectivity index (χ3n) is 2.54. The molecule has 0 saturated carbocycles. The maximum absolute atomic E-state index is 3.90. The van der Waals surface area contributed by atoms with E-state index in [1.54, 1.807) is 0 Å². The van der Waals surface area contributed by atoms with Crippen LogP contribution in [-0.2, 0) is 0 Å². The summed E-state index contributed by atoms with van der Waals surface area (Å²) < 4.78 is 0. The molecule has 0 aromatic carbocycles. The van der Waals surface area contributed by atoms with Gasteiger partial charge in [-0.15, -0.1) is 6.58 Å². The van der Waals surface area contributed by atoms with Gasteiger partial charge in [0.1, 0.15) is 0 Å². The number of nitrogens with zero attached hydrogens (tertiary/aromatic N) is 1. The summed E-state index contributed by atoms with van der Waals surface area (Å²) in [7, 11) is 0. The zero-order valence-electron chi connectivity index (χ0n) is 8.42. The van der Waals surface area contributed by atoms with Gasteiger partial charge >= 0.3 is 0 Å². The standard InChI is InChI=1S/C11H21N/c1-4-11-7-5-6-8-12(11)9-10(2)3/h4,10-11H,1,5-9H2,2-3H3. The molecule has 1 unspecified atom stereocenters. The van der Waals surface area contributed by atoms with Gasteiger partial charge in [0.05, 0.1) is 0 Å². The maximum atomic E-state index is 3.90. The average Bonchev–Trinajstić information content (AvgIpc) is 2.04. The van der Waals surface area contributed by atoms with Gasteiger partial charge in [-0.25, -0.2) is 0 Å². The molecule has 1 aliphatic rings. The van der Waals surface area contributed by atoms with E-state index >= 15 is 0 Å². The van der Waals surface area contributed by atoms with Crippen molar-refractivity contribution < 1.29 is 0 Å². The highest BCUT2D eigenvalue weighted by molar-refractivity contribution is 4.90. The van der Waals surface area contributed by atoms with Gasteiger partial charge in [0.25, 0.3) is 0 Å². The topological polar surface area (TPSA) is 3.24 Å². The summed E-state index contributed by atoms with van der Waals surface area (Å²) in [5.74, 6) is 0.783. The molecule has 70 valence electrons. The minimum Gasteiger partial charge on any atom is -0.297 e. The Hall–Kier alpha value is -0.300. The SMILES string of the molecule is C=CC1CCCCN1CC(C)C. The molecular formula is C11H21N. The van der Waals surface area contributed by atoms with Crippen LogP contribution < -0.4 is 0 Å². The van der Waals surface area contributed by atoms with E-state index in [1.165, 1.54) is 32.4 Å². The number of piperidine rings is 1. The van der Waals surface area contributed by atoms with Gasteiger partial charge in [-0.1, -0.05) is 26.3 Å². The van der Waals surface area contributed by atoms with E-state index in [-0.39, 0.29) is 0 Å². The second-order valence-corrected chi connectivity index (χ2v) is 4.19.